The molecule has 1 aromatic heterocycles. The van der Waals surface area contributed by atoms with Crippen molar-refractivity contribution in [3.05, 3.63) is 70.5 Å². The molecule has 0 saturated heterocycles. The average Bonchev–Trinajstić information content (AvgIpc) is 2.63. The number of phenolic OH excluding ortho intramolecular Hbond substituents is 1. The van der Waals surface area contributed by atoms with Gasteiger partial charge in [-0.15, -0.1) is 0 Å². The number of nitrogens with zero attached hydrogens (tertiary/aromatic N) is 2. The molecule has 0 unspecified atom stereocenters. The van der Waals surface area contributed by atoms with Gasteiger partial charge in [-0.1, -0.05) is 34.8 Å². The molecule has 2 heterocycles. The topological polar surface area (TPSA) is 92.5 Å². The summed E-state index contributed by atoms with van der Waals surface area (Å²) in [6, 6.07) is 12.5. The fraction of sp³-hybridized carbons (Fsp3) is 0.158. The van der Waals surface area contributed by atoms with Crippen molar-refractivity contribution in [1.82, 2.24) is 4.98 Å². The third kappa shape index (κ3) is 2.73. The number of benzene rings is 2. The van der Waals surface area contributed by atoms with Crippen LogP contribution in [0.15, 0.2) is 48.8 Å². The fourth-order valence-electron chi connectivity index (χ4n) is 3.27. The van der Waals surface area contributed by atoms with E-state index in [0.717, 1.165) is 16.7 Å². The Morgan fingerprint density at radius 2 is 1.96 bits per heavy atom. The largest absolute Gasteiger partial charge is 0.508 e. The van der Waals surface area contributed by atoms with Gasteiger partial charge in [0, 0.05) is 16.7 Å². The van der Waals surface area contributed by atoms with Gasteiger partial charge in [0.05, 0.1) is 19.1 Å². The molecule has 1 aliphatic heterocycles. The monoisotopic (exact) mass is 370 g/mol. The summed E-state index contributed by atoms with van der Waals surface area (Å²) < 4.78 is 7.59. The molecule has 2 aromatic carbocycles. The molecule has 3 aromatic rings. The van der Waals surface area contributed by atoms with Crippen LogP contribution in [0.5, 0.6) is 17.4 Å². The summed E-state index contributed by atoms with van der Waals surface area (Å²) in [7, 11) is 0. The summed E-state index contributed by atoms with van der Waals surface area (Å²) in [5.41, 5.74) is 8.96. The minimum atomic E-state index is -0.231. The summed E-state index contributed by atoms with van der Waals surface area (Å²) >= 11 is 6.04. The zero-order valence-corrected chi connectivity index (χ0v) is 14.5. The summed E-state index contributed by atoms with van der Waals surface area (Å²) in [5.74, 6) is 1.27. The van der Waals surface area contributed by atoms with Crippen LogP contribution in [0.3, 0.4) is 0 Å². The first-order valence-electron chi connectivity index (χ1n) is 8.13. The van der Waals surface area contributed by atoms with Crippen molar-refractivity contribution < 1.29 is 19.5 Å². The van der Waals surface area contributed by atoms with Gasteiger partial charge in [0.15, 0.2) is 0 Å². The van der Waals surface area contributed by atoms with Crippen molar-refractivity contribution in [2.45, 2.75) is 12.5 Å². The molecular formula is C19H17ClN3O3+. The lowest BCUT2D eigenvalue weighted by Gasteiger charge is -2.27. The van der Waals surface area contributed by atoms with Gasteiger partial charge in [0.2, 0.25) is 12.1 Å². The van der Waals surface area contributed by atoms with E-state index in [1.165, 1.54) is 6.33 Å². The molecule has 4 rings (SSSR count). The molecule has 4 N–H and O–H groups in total. The number of aromatic nitrogens is 2. The molecule has 132 valence electrons. The van der Waals surface area contributed by atoms with Gasteiger partial charge < -0.3 is 20.7 Å². The summed E-state index contributed by atoms with van der Waals surface area (Å²) in [4.78, 5) is 4.36. The molecule has 0 saturated carbocycles. The maximum Gasteiger partial charge on any atom is 0.306 e. The highest BCUT2D eigenvalue weighted by molar-refractivity contribution is 6.30. The van der Waals surface area contributed by atoms with E-state index in [4.69, 9.17) is 22.1 Å². The van der Waals surface area contributed by atoms with E-state index in [1.807, 2.05) is 30.3 Å². The Bertz CT molecular complexity index is 977. The van der Waals surface area contributed by atoms with Crippen LogP contribution in [0.1, 0.15) is 22.6 Å². The van der Waals surface area contributed by atoms with Crippen LogP contribution in [-0.4, -0.2) is 21.8 Å². The van der Waals surface area contributed by atoms with Crippen LogP contribution >= 0.6 is 11.6 Å². The van der Waals surface area contributed by atoms with Crippen LogP contribution in [0.25, 0.3) is 0 Å². The number of hydrogen-bond donors (Lipinski definition) is 3. The van der Waals surface area contributed by atoms with Crippen LogP contribution in [0, 0.1) is 0 Å². The van der Waals surface area contributed by atoms with E-state index < -0.39 is 0 Å². The first-order chi connectivity index (χ1) is 12.6. The lowest BCUT2D eigenvalue weighted by atomic mass is 9.83. The molecular weight excluding hydrogens is 354 g/mol. The number of rotatable bonds is 3. The summed E-state index contributed by atoms with van der Waals surface area (Å²) in [6.45, 7) is 0.286. The van der Waals surface area contributed by atoms with Gasteiger partial charge in [-0.25, -0.2) is 4.57 Å². The standard InChI is InChI=1S/C19H16ClN3O3/c20-12-3-1-11(2-4-12)16-14-6-5-13(25)9-15(14)26-19-17(16)18(21)23(7-8-24)10-22-19/h1-6,9-10,16,21,24-25H,7-8H2/p+1/t16-/m0/s1. The number of hydrogen-bond acceptors (Lipinski definition) is 5. The number of fused-ring (bicyclic) bond motifs is 2. The predicted octanol–water partition coefficient (Wildman–Crippen LogP) is 2.59. The van der Waals surface area contributed by atoms with E-state index in [9.17, 15) is 10.2 Å². The Balaban J connectivity index is 1.96. The second kappa shape index (κ2) is 6.48. The van der Waals surface area contributed by atoms with Crippen molar-refractivity contribution in [2.24, 2.45) is 0 Å². The second-order valence-corrected chi connectivity index (χ2v) is 6.51. The van der Waals surface area contributed by atoms with Gasteiger partial charge in [-0.05, 0) is 23.8 Å². The Morgan fingerprint density at radius 1 is 1.19 bits per heavy atom. The summed E-state index contributed by atoms with van der Waals surface area (Å²) in [6.07, 6.45) is 1.54. The van der Waals surface area contributed by atoms with Crippen LogP contribution in [-0.2, 0) is 6.54 Å². The smallest absolute Gasteiger partial charge is 0.306 e. The Hall–Kier alpha value is -2.83. The third-order valence-corrected chi connectivity index (χ3v) is 4.73. The quantitative estimate of drug-likeness (QED) is 0.482. The van der Waals surface area contributed by atoms with Crippen LogP contribution in [0.4, 0.5) is 5.82 Å². The number of halogens is 1. The third-order valence-electron chi connectivity index (χ3n) is 4.48. The zero-order valence-electron chi connectivity index (χ0n) is 13.8. The SMILES string of the molecule is Nc1c2c(nc[n+]1CCO)Oc1cc(O)ccc1[C@@H]2c1ccc(Cl)cc1. The number of nitrogen functional groups attached to an aromatic ring is 1. The number of ether oxygens (including phenoxy) is 1. The van der Waals surface area contributed by atoms with E-state index in [1.54, 1.807) is 16.7 Å². The molecule has 0 fully saturated rings. The molecule has 1 atom stereocenters. The summed E-state index contributed by atoms with van der Waals surface area (Å²) in [5, 5.41) is 19.7. The highest BCUT2D eigenvalue weighted by Gasteiger charge is 2.36. The number of nitrogens with two attached hydrogens (primary N) is 1. The Labute approximate surface area is 155 Å². The van der Waals surface area contributed by atoms with Crippen molar-refractivity contribution >= 4 is 17.4 Å². The lowest BCUT2D eigenvalue weighted by molar-refractivity contribution is -0.687. The van der Waals surface area contributed by atoms with Gasteiger partial charge in [0.1, 0.15) is 17.1 Å². The van der Waals surface area contributed by atoms with Gasteiger partial charge in [0.25, 0.3) is 0 Å². The Kier molecular flexibility index (Phi) is 4.14. The minimum Gasteiger partial charge on any atom is -0.508 e. The first-order valence-corrected chi connectivity index (χ1v) is 8.51. The van der Waals surface area contributed by atoms with Gasteiger partial charge in [-0.3, -0.25) is 0 Å². The van der Waals surface area contributed by atoms with Gasteiger partial charge >= 0.3 is 5.88 Å². The maximum absolute atomic E-state index is 9.82. The van der Waals surface area contributed by atoms with E-state index in [0.29, 0.717) is 29.0 Å². The molecule has 0 aliphatic carbocycles. The fourth-order valence-corrected chi connectivity index (χ4v) is 3.39. The lowest BCUT2D eigenvalue weighted by Crippen LogP contribution is -2.41. The van der Waals surface area contributed by atoms with Gasteiger partial charge in [-0.2, -0.15) is 0 Å². The molecule has 1 aliphatic rings. The molecule has 0 spiro atoms. The zero-order chi connectivity index (χ0) is 18.3. The van der Waals surface area contributed by atoms with Crippen molar-refractivity contribution in [3.63, 3.8) is 0 Å². The average molecular weight is 371 g/mol. The number of anilines is 1. The first kappa shape index (κ1) is 16.6. The number of aliphatic hydroxyl groups is 1. The van der Waals surface area contributed by atoms with E-state index >= 15 is 0 Å². The van der Waals surface area contributed by atoms with Crippen molar-refractivity contribution in [2.75, 3.05) is 12.3 Å². The number of aromatic hydroxyl groups is 1. The second-order valence-electron chi connectivity index (χ2n) is 6.07. The van der Waals surface area contributed by atoms with Crippen LogP contribution < -0.4 is 15.0 Å². The number of aliphatic hydroxyl groups excluding tert-OH is 1. The molecule has 6 nitrogen and oxygen atoms in total. The normalized spacial score (nSPS) is 15.1. The number of phenols is 1. The highest BCUT2D eigenvalue weighted by Crippen LogP contribution is 2.48. The molecule has 0 bridgehead atoms. The highest BCUT2D eigenvalue weighted by atomic mass is 35.5. The van der Waals surface area contributed by atoms with Crippen LogP contribution in [0.2, 0.25) is 5.02 Å². The van der Waals surface area contributed by atoms with Crippen molar-refractivity contribution in [3.8, 4) is 17.4 Å². The molecule has 0 radical (unpaired) electrons. The molecule has 7 heteroatoms. The molecule has 0 amide bonds. The Morgan fingerprint density at radius 3 is 2.69 bits per heavy atom. The van der Waals surface area contributed by atoms with Crippen molar-refractivity contribution in [1.29, 1.82) is 0 Å². The van der Waals surface area contributed by atoms with E-state index in [2.05, 4.69) is 4.98 Å². The predicted molar refractivity (Wildman–Crippen MR) is 96.5 cm³/mol. The molecule has 26 heavy (non-hydrogen) atoms. The van der Waals surface area contributed by atoms with E-state index in [-0.39, 0.29) is 18.3 Å². The maximum atomic E-state index is 9.82. The minimum absolute atomic E-state index is 0.0493.